The molecule has 0 bridgehead atoms. The third-order valence-electron chi connectivity index (χ3n) is 4.50. The van der Waals surface area contributed by atoms with Crippen LogP contribution >= 0.6 is 0 Å². The van der Waals surface area contributed by atoms with E-state index < -0.39 is 0 Å². The highest BCUT2D eigenvalue weighted by Crippen LogP contribution is 2.21. The van der Waals surface area contributed by atoms with Crippen LogP contribution in [0.5, 0.6) is 5.75 Å². The van der Waals surface area contributed by atoms with Gasteiger partial charge in [-0.1, -0.05) is 18.2 Å². The molecular weight excluding hydrogens is 326 g/mol. The quantitative estimate of drug-likeness (QED) is 0.899. The Morgan fingerprint density at radius 1 is 1.00 bits per heavy atom. The Balaban J connectivity index is 1.53. The van der Waals surface area contributed by atoms with Gasteiger partial charge in [0.25, 0.3) is 0 Å². The summed E-state index contributed by atoms with van der Waals surface area (Å²) >= 11 is 0. The molecule has 5 nitrogen and oxygen atoms in total. The Bertz CT molecular complexity index is 735. The Morgan fingerprint density at radius 2 is 1.65 bits per heavy atom. The number of benzene rings is 2. The molecule has 2 aromatic rings. The minimum absolute atomic E-state index is 0.0491. The summed E-state index contributed by atoms with van der Waals surface area (Å²) < 4.78 is 5.63. The summed E-state index contributed by atoms with van der Waals surface area (Å²) in [5.74, 6) is 0.810. The molecule has 0 aliphatic carbocycles. The monoisotopic (exact) mass is 353 g/mol. The number of amides is 2. The predicted molar refractivity (Wildman–Crippen MR) is 106 cm³/mol. The molecule has 0 atom stereocenters. The zero-order valence-electron chi connectivity index (χ0n) is 15.7. The summed E-state index contributed by atoms with van der Waals surface area (Å²) in [6.45, 7) is 9.24. The average molecular weight is 353 g/mol. The molecule has 0 unspecified atom stereocenters. The fourth-order valence-corrected chi connectivity index (χ4v) is 3.16. The molecule has 0 spiro atoms. The first kappa shape index (κ1) is 18.1. The molecule has 1 heterocycles. The molecular formula is C21H27N3O2. The lowest BCUT2D eigenvalue weighted by Gasteiger charge is -2.36. The second-order valence-electron chi connectivity index (χ2n) is 6.88. The van der Waals surface area contributed by atoms with Gasteiger partial charge in [0.05, 0.1) is 6.10 Å². The van der Waals surface area contributed by atoms with Gasteiger partial charge in [0.1, 0.15) is 5.75 Å². The van der Waals surface area contributed by atoms with Crippen molar-refractivity contribution >= 4 is 17.4 Å². The molecule has 0 saturated carbocycles. The average Bonchev–Trinajstić information content (AvgIpc) is 2.63. The molecule has 1 aliphatic rings. The van der Waals surface area contributed by atoms with Gasteiger partial charge in [0, 0.05) is 37.6 Å². The van der Waals surface area contributed by atoms with Crippen LogP contribution in [0.25, 0.3) is 0 Å². The maximum Gasteiger partial charge on any atom is 0.321 e. The summed E-state index contributed by atoms with van der Waals surface area (Å²) in [4.78, 5) is 16.7. The molecule has 1 saturated heterocycles. The van der Waals surface area contributed by atoms with Gasteiger partial charge in [0.15, 0.2) is 0 Å². The van der Waals surface area contributed by atoms with Crippen LogP contribution in [-0.4, -0.2) is 43.2 Å². The lowest BCUT2D eigenvalue weighted by atomic mass is 10.1. The van der Waals surface area contributed by atoms with E-state index in [0.29, 0.717) is 13.1 Å². The third-order valence-corrected chi connectivity index (χ3v) is 4.50. The van der Waals surface area contributed by atoms with E-state index >= 15 is 0 Å². The fourth-order valence-electron chi connectivity index (χ4n) is 3.16. The minimum atomic E-state index is -0.0491. The third kappa shape index (κ3) is 4.48. The number of nitrogens with zero attached hydrogens (tertiary/aromatic N) is 2. The summed E-state index contributed by atoms with van der Waals surface area (Å²) in [6, 6.07) is 15.9. The molecule has 138 valence electrons. The Labute approximate surface area is 155 Å². The van der Waals surface area contributed by atoms with Crippen molar-refractivity contribution in [3.05, 3.63) is 54.1 Å². The number of rotatable bonds is 4. The number of ether oxygens (including phenoxy) is 1. The highest BCUT2D eigenvalue weighted by Gasteiger charge is 2.22. The van der Waals surface area contributed by atoms with E-state index in [1.165, 1.54) is 11.3 Å². The van der Waals surface area contributed by atoms with Gasteiger partial charge in [-0.05, 0) is 56.7 Å². The molecule has 2 amide bonds. The first-order valence-electron chi connectivity index (χ1n) is 9.16. The largest absolute Gasteiger partial charge is 0.491 e. The first-order valence-corrected chi connectivity index (χ1v) is 9.16. The normalized spacial score (nSPS) is 14.5. The van der Waals surface area contributed by atoms with Crippen molar-refractivity contribution in [2.24, 2.45) is 0 Å². The number of urea groups is 1. The van der Waals surface area contributed by atoms with Crippen molar-refractivity contribution in [1.82, 2.24) is 4.90 Å². The van der Waals surface area contributed by atoms with E-state index in [2.05, 4.69) is 41.4 Å². The van der Waals surface area contributed by atoms with E-state index in [-0.39, 0.29) is 12.1 Å². The van der Waals surface area contributed by atoms with Crippen LogP contribution in [0.1, 0.15) is 19.4 Å². The number of anilines is 2. The fraction of sp³-hybridized carbons (Fsp3) is 0.381. The topological polar surface area (TPSA) is 44.8 Å². The maximum atomic E-state index is 12.5. The van der Waals surface area contributed by atoms with E-state index in [9.17, 15) is 4.79 Å². The lowest BCUT2D eigenvalue weighted by Crippen LogP contribution is -2.50. The molecule has 1 aliphatic heterocycles. The molecule has 3 rings (SSSR count). The number of hydrogen-bond acceptors (Lipinski definition) is 3. The summed E-state index contributed by atoms with van der Waals surface area (Å²) in [7, 11) is 0. The van der Waals surface area contributed by atoms with Gasteiger partial charge in [-0.25, -0.2) is 4.79 Å². The first-order chi connectivity index (χ1) is 12.5. The molecule has 26 heavy (non-hydrogen) atoms. The van der Waals surface area contributed by atoms with E-state index in [0.717, 1.165) is 24.5 Å². The van der Waals surface area contributed by atoms with Crippen LogP contribution in [-0.2, 0) is 0 Å². The number of piperazine rings is 1. The number of para-hydroxylation sites is 1. The standard InChI is InChI=1S/C21H27N3O2/c1-16(2)26-19-10-8-18(9-11-19)22-21(25)24-14-12-23(13-15-24)20-7-5-4-6-17(20)3/h4-11,16H,12-15H2,1-3H3,(H,22,25). The van der Waals surface area contributed by atoms with Crippen LogP contribution in [0.15, 0.2) is 48.5 Å². The van der Waals surface area contributed by atoms with Gasteiger partial charge < -0.3 is 19.9 Å². The second kappa shape index (κ2) is 8.13. The van der Waals surface area contributed by atoms with Crippen molar-refractivity contribution in [2.45, 2.75) is 26.9 Å². The van der Waals surface area contributed by atoms with E-state index in [1.807, 2.05) is 43.0 Å². The number of carbonyl (C=O) groups is 1. The van der Waals surface area contributed by atoms with Crippen LogP contribution in [0, 0.1) is 6.92 Å². The molecule has 1 fully saturated rings. The number of carbonyl (C=O) groups excluding carboxylic acids is 1. The Morgan fingerprint density at radius 3 is 2.27 bits per heavy atom. The van der Waals surface area contributed by atoms with E-state index in [1.54, 1.807) is 0 Å². The van der Waals surface area contributed by atoms with Crippen molar-refractivity contribution in [2.75, 3.05) is 36.4 Å². The summed E-state index contributed by atoms with van der Waals surface area (Å²) in [6.07, 6.45) is 0.139. The van der Waals surface area contributed by atoms with Crippen LogP contribution in [0.2, 0.25) is 0 Å². The lowest BCUT2D eigenvalue weighted by molar-refractivity contribution is 0.208. The molecule has 0 radical (unpaired) electrons. The minimum Gasteiger partial charge on any atom is -0.491 e. The second-order valence-corrected chi connectivity index (χ2v) is 6.88. The van der Waals surface area contributed by atoms with Crippen molar-refractivity contribution in [3.8, 4) is 5.75 Å². The number of nitrogens with one attached hydrogen (secondary N) is 1. The smallest absolute Gasteiger partial charge is 0.321 e. The van der Waals surface area contributed by atoms with Crippen LogP contribution in [0.4, 0.5) is 16.2 Å². The Hall–Kier alpha value is -2.69. The zero-order valence-corrected chi connectivity index (χ0v) is 15.7. The van der Waals surface area contributed by atoms with Gasteiger partial charge >= 0.3 is 6.03 Å². The van der Waals surface area contributed by atoms with Crippen LogP contribution in [0.3, 0.4) is 0 Å². The van der Waals surface area contributed by atoms with Gasteiger partial charge in [-0.2, -0.15) is 0 Å². The van der Waals surface area contributed by atoms with Crippen molar-refractivity contribution < 1.29 is 9.53 Å². The van der Waals surface area contributed by atoms with Gasteiger partial charge in [0.2, 0.25) is 0 Å². The molecule has 5 heteroatoms. The number of aryl methyl sites for hydroxylation is 1. The van der Waals surface area contributed by atoms with E-state index in [4.69, 9.17) is 4.74 Å². The SMILES string of the molecule is Cc1ccccc1N1CCN(C(=O)Nc2ccc(OC(C)C)cc2)CC1. The van der Waals surface area contributed by atoms with Gasteiger partial charge in [-0.3, -0.25) is 0 Å². The van der Waals surface area contributed by atoms with Crippen molar-refractivity contribution in [1.29, 1.82) is 0 Å². The molecule has 2 aromatic carbocycles. The van der Waals surface area contributed by atoms with Crippen LogP contribution < -0.4 is 15.0 Å². The highest BCUT2D eigenvalue weighted by molar-refractivity contribution is 5.89. The molecule has 1 N–H and O–H groups in total. The zero-order chi connectivity index (χ0) is 18.5. The number of hydrogen-bond donors (Lipinski definition) is 1. The molecule has 0 aromatic heterocycles. The Kier molecular flexibility index (Phi) is 5.66. The highest BCUT2D eigenvalue weighted by atomic mass is 16.5. The summed E-state index contributed by atoms with van der Waals surface area (Å²) in [5.41, 5.74) is 3.31. The predicted octanol–water partition coefficient (Wildman–Crippen LogP) is 4.14. The van der Waals surface area contributed by atoms with Gasteiger partial charge in [-0.15, -0.1) is 0 Å². The maximum absolute atomic E-state index is 12.5. The summed E-state index contributed by atoms with van der Waals surface area (Å²) in [5, 5.41) is 2.97. The van der Waals surface area contributed by atoms with Crippen molar-refractivity contribution in [3.63, 3.8) is 0 Å².